The van der Waals surface area contributed by atoms with Gasteiger partial charge in [-0.25, -0.2) is 13.8 Å². The zero-order valence-electron chi connectivity index (χ0n) is 18.9. The number of carbonyl (C=O) groups is 3. The normalized spacial score (nSPS) is 15.5. The minimum atomic E-state index is -0.842. The number of rotatable bonds is 8. The van der Waals surface area contributed by atoms with Crippen molar-refractivity contribution in [1.29, 1.82) is 0 Å². The van der Waals surface area contributed by atoms with Crippen LogP contribution < -0.4 is 16.0 Å². The molecule has 1 aromatic heterocycles. The molecule has 1 saturated heterocycles. The fourth-order valence-corrected chi connectivity index (χ4v) is 3.92. The van der Waals surface area contributed by atoms with E-state index in [4.69, 9.17) is 16.0 Å². The first-order valence-corrected chi connectivity index (χ1v) is 11.4. The molecule has 1 aliphatic rings. The second-order valence-corrected chi connectivity index (χ2v) is 8.49. The van der Waals surface area contributed by atoms with Crippen LogP contribution in [0, 0.1) is 5.82 Å². The molecule has 2 aromatic carbocycles. The average Bonchev–Trinajstić information content (AvgIpc) is 3.49. The lowest BCUT2D eigenvalue weighted by Crippen LogP contribution is -2.34. The molecule has 188 valence electrons. The molecule has 3 N–H and O–H groups in total. The van der Waals surface area contributed by atoms with Gasteiger partial charge in [0.1, 0.15) is 12.0 Å². The van der Waals surface area contributed by atoms with Crippen LogP contribution in [0.4, 0.5) is 20.2 Å². The van der Waals surface area contributed by atoms with Gasteiger partial charge >= 0.3 is 0 Å². The molecule has 1 atom stereocenters. The fourth-order valence-electron chi connectivity index (χ4n) is 3.67. The molecule has 1 fully saturated rings. The predicted molar refractivity (Wildman–Crippen MR) is 129 cm³/mol. The van der Waals surface area contributed by atoms with E-state index in [1.54, 1.807) is 12.1 Å². The van der Waals surface area contributed by atoms with Crippen molar-refractivity contribution in [3.8, 4) is 0 Å². The second-order valence-electron chi connectivity index (χ2n) is 8.08. The molecule has 0 aliphatic carbocycles. The summed E-state index contributed by atoms with van der Waals surface area (Å²) in [7, 11) is 0. The van der Waals surface area contributed by atoms with Gasteiger partial charge in [0.15, 0.2) is 12.1 Å². The smallest absolute Gasteiger partial charge is 0.293 e. The highest BCUT2D eigenvalue weighted by molar-refractivity contribution is 6.34. The molecule has 4 rings (SSSR count). The lowest BCUT2D eigenvalue weighted by atomic mass is 10.2. The average molecular weight is 518 g/mol. The number of aromatic nitrogens is 1. The highest BCUT2D eigenvalue weighted by Gasteiger charge is 2.24. The van der Waals surface area contributed by atoms with E-state index in [-0.39, 0.29) is 28.6 Å². The summed E-state index contributed by atoms with van der Waals surface area (Å²) in [5.74, 6) is -2.61. The molecule has 3 aromatic rings. The quantitative estimate of drug-likeness (QED) is 0.419. The van der Waals surface area contributed by atoms with Crippen LogP contribution in [0.25, 0.3) is 0 Å². The number of hydrogen-bond donors (Lipinski definition) is 3. The molecule has 1 aliphatic heterocycles. The van der Waals surface area contributed by atoms with Gasteiger partial charge in [-0.2, -0.15) is 0 Å². The molecule has 12 heteroatoms. The van der Waals surface area contributed by atoms with Crippen molar-refractivity contribution in [2.75, 3.05) is 36.8 Å². The van der Waals surface area contributed by atoms with Gasteiger partial charge in [-0.1, -0.05) is 11.6 Å². The number of nitrogens with zero attached hydrogens (tertiary/aromatic N) is 2. The summed E-state index contributed by atoms with van der Waals surface area (Å²) < 4.78 is 31.6. The van der Waals surface area contributed by atoms with Crippen molar-refractivity contribution in [3.63, 3.8) is 0 Å². The van der Waals surface area contributed by atoms with Crippen LogP contribution in [0.1, 0.15) is 37.8 Å². The van der Waals surface area contributed by atoms with Crippen molar-refractivity contribution in [2.24, 2.45) is 0 Å². The Morgan fingerprint density at radius 1 is 1.06 bits per heavy atom. The maximum Gasteiger partial charge on any atom is 0.293 e. The molecule has 3 amide bonds. The molecular weight excluding hydrogens is 496 g/mol. The number of anilines is 2. The first-order valence-electron chi connectivity index (χ1n) is 11.1. The minimum Gasteiger partial charge on any atom is -0.437 e. The molecule has 2 heterocycles. The third-order valence-corrected chi connectivity index (χ3v) is 5.81. The monoisotopic (exact) mass is 517 g/mol. The van der Waals surface area contributed by atoms with Gasteiger partial charge in [0.25, 0.3) is 17.7 Å². The first-order chi connectivity index (χ1) is 17.3. The van der Waals surface area contributed by atoms with E-state index in [1.165, 1.54) is 18.2 Å². The number of hydrogen-bond acceptors (Lipinski definition) is 6. The van der Waals surface area contributed by atoms with Crippen molar-refractivity contribution < 1.29 is 27.6 Å². The maximum atomic E-state index is 13.2. The van der Waals surface area contributed by atoms with Crippen LogP contribution in [0.3, 0.4) is 0 Å². The Kier molecular flexibility index (Phi) is 7.91. The van der Waals surface area contributed by atoms with E-state index in [0.717, 1.165) is 18.5 Å². The Morgan fingerprint density at radius 2 is 1.75 bits per heavy atom. The van der Waals surface area contributed by atoms with Crippen molar-refractivity contribution in [1.82, 2.24) is 15.2 Å². The van der Waals surface area contributed by atoms with Crippen LogP contribution in [0.2, 0.25) is 5.02 Å². The fraction of sp³-hybridized carbons (Fsp3) is 0.250. The number of alkyl halides is 1. The predicted octanol–water partition coefficient (Wildman–Crippen LogP) is 3.75. The van der Waals surface area contributed by atoms with Crippen LogP contribution in [0.5, 0.6) is 0 Å². The number of benzene rings is 2. The van der Waals surface area contributed by atoms with E-state index in [2.05, 4.69) is 20.9 Å². The van der Waals surface area contributed by atoms with Gasteiger partial charge in [-0.3, -0.25) is 19.3 Å². The Balaban J connectivity index is 1.31. The zero-order chi connectivity index (χ0) is 25.7. The van der Waals surface area contributed by atoms with Gasteiger partial charge in [0.2, 0.25) is 5.76 Å². The zero-order valence-corrected chi connectivity index (χ0v) is 19.6. The summed E-state index contributed by atoms with van der Waals surface area (Å²) in [6.07, 6.45) is 0.638. The SMILES string of the molecule is O=C(Nc1ccc(NC(=O)c2ocnc2C(=O)NCCN2CC[C@H](F)C2)cc1)c1ccc(F)cc1Cl. The molecule has 0 unspecified atom stereocenters. The number of carbonyl (C=O) groups excluding carboxylic acids is 3. The van der Waals surface area contributed by atoms with Gasteiger partial charge in [0, 0.05) is 37.6 Å². The molecule has 0 spiro atoms. The Hall–Kier alpha value is -3.83. The largest absolute Gasteiger partial charge is 0.437 e. The number of amides is 3. The number of oxazole rings is 1. The standard InChI is InChI=1S/C24H22ClF2N5O4/c25-19-11-14(26)1-6-18(19)22(33)30-16-2-4-17(5-3-16)31-24(35)21-20(29-13-36-21)23(34)28-8-10-32-9-7-15(27)12-32/h1-6,11,13,15H,7-10,12H2,(H,28,34)(H,30,33)(H,31,35)/t15-/m0/s1. The number of nitrogens with one attached hydrogen (secondary N) is 3. The highest BCUT2D eigenvalue weighted by Crippen LogP contribution is 2.21. The van der Waals surface area contributed by atoms with Crippen molar-refractivity contribution in [3.05, 3.63) is 76.7 Å². The van der Waals surface area contributed by atoms with Gasteiger partial charge in [-0.15, -0.1) is 0 Å². The van der Waals surface area contributed by atoms with E-state index < -0.39 is 29.7 Å². The summed E-state index contributed by atoms with van der Waals surface area (Å²) in [5, 5.41) is 7.86. The number of likely N-dealkylation sites (tertiary alicyclic amines) is 1. The van der Waals surface area contributed by atoms with E-state index in [0.29, 0.717) is 37.4 Å². The Morgan fingerprint density at radius 3 is 2.39 bits per heavy atom. The van der Waals surface area contributed by atoms with Crippen LogP contribution in [-0.2, 0) is 0 Å². The van der Waals surface area contributed by atoms with Crippen LogP contribution in [-0.4, -0.2) is 60.0 Å². The van der Waals surface area contributed by atoms with Gasteiger partial charge < -0.3 is 20.4 Å². The topological polar surface area (TPSA) is 117 Å². The van der Waals surface area contributed by atoms with Gasteiger partial charge in [0.05, 0.1) is 10.6 Å². The molecule has 0 saturated carbocycles. The molecule has 36 heavy (non-hydrogen) atoms. The molecule has 0 bridgehead atoms. The molecule has 9 nitrogen and oxygen atoms in total. The first kappa shape index (κ1) is 25.3. The van der Waals surface area contributed by atoms with E-state index >= 15 is 0 Å². The van der Waals surface area contributed by atoms with E-state index in [9.17, 15) is 23.2 Å². The summed E-state index contributed by atoms with van der Waals surface area (Å²) in [6, 6.07) is 9.60. The third kappa shape index (κ3) is 6.23. The van der Waals surface area contributed by atoms with Crippen LogP contribution in [0.15, 0.2) is 53.3 Å². The second kappa shape index (κ2) is 11.3. The third-order valence-electron chi connectivity index (χ3n) is 5.49. The highest BCUT2D eigenvalue weighted by atomic mass is 35.5. The Labute approximate surface area is 209 Å². The molecular formula is C24H22ClF2N5O4. The lowest BCUT2D eigenvalue weighted by Gasteiger charge is -2.14. The number of halogens is 3. The van der Waals surface area contributed by atoms with Gasteiger partial charge in [-0.05, 0) is 48.9 Å². The van der Waals surface area contributed by atoms with Crippen molar-refractivity contribution >= 4 is 40.7 Å². The summed E-state index contributed by atoms with van der Waals surface area (Å²) in [4.78, 5) is 43.2. The van der Waals surface area contributed by atoms with Crippen molar-refractivity contribution in [2.45, 2.75) is 12.6 Å². The minimum absolute atomic E-state index is 0.0206. The summed E-state index contributed by atoms with van der Waals surface area (Å²) >= 11 is 5.91. The Bertz CT molecular complexity index is 1270. The lowest BCUT2D eigenvalue weighted by molar-refractivity contribution is 0.0925. The summed E-state index contributed by atoms with van der Waals surface area (Å²) in [6.45, 7) is 1.74. The van der Waals surface area contributed by atoms with Crippen LogP contribution >= 0.6 is 11.6 Å². The summed E-state index contributed by atoms with van der Waals surface area (Å²) in [5.41, 5.74) is 0.724. The molecule has 0 radical (unpaired) electrons. The van der Waals surface area contributed by atoms with E-state index in [1.807, 2.05) is 4.90 Å². The maximum absolute atomic E-state index is 13.2.